The number of nitriles is 1. The Morgan fingerprint density at radius 1 is 1.13 bits per heavy atom. The van der Waals surface area contributed by atoms with Crippen LogP contribution in [0.5, 0.6) is 0 Å². The lowest BCUT2D eigenvalue weighted by molar-refractivity contribution is 0.251. The van der Waals surface area contributed by atoms with Gasteiger partial charge in [-0.3, -0.25) is 0 Å². The van der Waals surface area contributed by atoms with E-state index in [4.69, 9.17) is 5.26 Å². The van der Waals surface area contributed by atoms with Crippen LogP contribution in [0.15, 0.2) is 42.5 Å². The average molecular weight is 313 g/mol. The molecule has 2 atom stereocenters. The number of urea groups is 1. The lowest BCUT2D eigenvalue weighted by Gasteiger charge is -2.08. The molecule has 1 saturated carbocycles. The van der Waals surface area contributed by atoms with Crippen molar-refractivity contribution in [3.05, 3.63) is 65.2 Å². The summed E-state index contributed by atoms with van der Waals surface area (Å²) in [5, 5.41) is 14.0. The second kappa shape index (κ2) is 6.05. The van der Waals surface area contributed by atoms with E-state index in [2.05, 4.69) is 10.6 Å². The predicted octanol–water partition coefficient (Wildman–Crippen LogP) is 3.51. The van der Waals surface area contributed by atoms with E-state index in [0.29, 0.717) is 17.7 Å². The zero-order valence-electron chi connectivity index (χ0n) is 12.0. The highest BCUT2D eigenvalue weighted by Crippen LogP contribution is 2.43. The second-order valence-electron chi connectivity index (χ2n) is 5.37. The molecule has 0 bridgehead atoms. The van der Waals surface area contributed by atoms with E-state index in [1.54, 1.807) is 24.3 Å². The molecule has 0 spiro atoms. The molecular formula is C17H13F2N3O. The summed E-state index contributed by atoms with van der Waals surface area (Å²) in [4.78, 5) is 11.9. The Morgan fingerprint density at radius 2 is 1.78 bits per heavy atom. The quantitative estimate of drug-likeness (QED) is 0.910. The molecule has 0 saturated heterocycles. The molecule has 6 heteroatoms. The van der Waals surface area contributed by atoms with Crippen molar-refractivity contribution in [2.45, 2.75) is 18.4 Å². The maximum atomic E-state index is 13.7. The van der Waals surface area contributed by atoms with Gasteiger partial charge in [-0.15, -0.1) is 0 Å². The predicted molar refractivity (Wildman–Crippen MR) is 80.8 cm³/mol. The van der Waals surface area contributed by atoms with Crippen molar-refractivity contribution in [2.75, 3.05) is 5.32 Å². The van der Waals surface area contributed by atoms with Gasteiger partial charge in [-0.1, -0.05) is 6.07 Å². The van der Waals surface area contributed by atoms with Crippen LogP contribution in [0.4, 0.5) is 19.3 Å². The van der Waals surface area contributed by atoms with Gasteiger partial charge in [0.2, 0.25) is 0 Å². The van der Waals surface area contributed by atoms with E-state index in [1.807, 2.05) is 6.07 Å². The molecule has 2 aromatic rings. The van der Waals surface area contributed by atoms with Crippen LogP contribution in [0.1, 0.15) is 23.5 Å². The molecule has 1 aliphatic rings. The Kier molecular flexibility index (Phi) is 3.94. The minimum absolute atomic E-state index is 0.0242. The van der Waals surface area contributed by atoms with Gasteiger partial charge in [0.05, 0.1) is 11.6 Å². The van der Waals surface area contributed by atoms with Crippen LogP contribution in [-0.4, -0.2) is 12.1 Å². The number of carbonyl (C=O) groups is 1. The lowest BCUT2D eigenvalue weighted by Crippen LogP contribution is -2.31. The largest absolute Gasteiger partial charge is 0.334 e. The minimum atomic E-state index is -0.591. The van der Waals surface area contributed by atoms with Crippen LogP contribution in [0.25, 0.3) is 0 Å². The lowest BCUT2D eigenvalue weighted by atomic mass is 10.1. The third-order valence-electron chi connectivity index (χ3n) is 3.75. The molecule has 1 aliphatic carbocycles. The van der Waals surface area contributed by atoms with Crippen molar-refractivity contribution >= 4 is 11.7 Å². The second-order valence-corrected chi connectivity index (χ2v) is 5.37. The summed E-state index contributed by atoms with van der Waals surface area (Å²) in [6, 6.07) is 11.4. The van der Waals surface area contributed by atoms with Crippen molar-refractivity contribution in [1.29, 1.82) is 5.26 Å². The highest BCUT2D eigenvalue weighted by molar-refractivity contribution is 5.89. The summed E-state index contributed by atoms with van der Waals surface area (Å²) >= 11 is 0. The molecule has 3 rings (SSSR count). The molecule has 2 N–H and O–H groups in total. The summed E-state index contributed by atoms with van der Waals surface area (Å²) in [6.45, 7) is 0. The van der Waals surface area contributed by atoms with E-state index in [9.17, 15) is 13.6 Å². The molecule has 0 unspecified atom stereocenters. The SMILES string of the molecule is N#Cc1ccc(NC(=O)N[C@@H]2C[C@@H]2c2c(F)cccc2F)cc1. The van der Waals surface area contributed by atoms with Crippen molar-refractivity contribution in [2.24, 2.45) is 0 Å². The molecule has 0 aliphatic heterocycles. The summed E-state index contributed by atoms with van der Waals surface area (Å²) < 4.78 is 27.4. The van der Waals surface area contributed by atoms with Crippen molar-refractivity contribution in [3.8, 4) is 6.07 Å². The number of anilines is 1. The molecule has 0 aromatic heterocycles. The number of amides is 2. The molecule has 4 nitrogen and oxygen atoms in total. The number of halogens is 2. The third kappa shape index (κ3) is 3.29. The maximum Gasteiger partial charge on any atom is 0.319 e. The fraction of sp³-hybridized carbons (Fsp3) is 0.176. The van der Waals surface area contributed by atoms with Gasteiger partial charge in [0.15, 0.2) is 0 Å². The first-order chi connectivity index (χ1) is 11.1. The number of carbonyl (C=O) groups excluding carboxylic acids is 1. The molecule has 0 radical (unpaired) electrons. The molecular weight excluding hydrogens is 300 g/mol. The number of hydrogen-bond acceptors (Lipinski definition) is 2. The Labute approximate surface area is 131 Å². The topological polar surface area (TPSA) is 64.9 Å². The van der Waals surface area contributed by atoms with Crippen LogP contribution in [-0.2, 0) is 0 Å². The van der Waals surface area contributed by atoms with E-state index >= 15 is 0 Å². The molecule has 1 fully saturated rings. The van der Waals surface area contributed by atoms with Gasteiger partial charge in [0, 0.05) is 23.2 Å². The van der Waals surface area contributed by atoms with Gasteiger partial charge in [-0.2, -0.15) is 5.26 Å². The van der Waals surface area contributed by atoms with E-state index < -0.39 is 17.7 Å². The minimum Gasteiger partial charge on any atom is -0.334 e. The number of nitrogens with one attached hydrogen (secondary N) is 2. The average Bonchev–Trinajstić information content (AvgIpc) is 3.26. The van der Waals surface area contributed by atoms with Crippen LogP contribution in [0.2, 0.25) is 0 Å². The van der Waals surface area contributed by atoms with Gasteiger partial charge in [0.25, 0.3) is 0 Å². The molecule has 116 valence electrons. The van der Waals surface area contributed by atoms with Crippen LogP contribution in [0.3, 0.4) is 0 Å². The van der Waals surface area contributed by atoms with Crippen LogP contribution < -0.4 is 10.6 Å². The number of rotatable bonds is 3. The Morgan fingerprint density at radius 3 is 2.39 bits per heavy atom. The van der Waals surface area contributed by atoms with Gasteiger partial charge in [-0.25, -0.2) is 13.6 Å². The standard InChI is InChI=1S/C17H13F2N3O/c18-13-2-1-3-14(19)16(13)12-8-15(12)22-17(23)21-11-6-4-10(9-20)5-7-11/h1-7,12,15H,8H2,(H2,21,22,23)/t12-,15+/m0/s1. The number of nitrogens with zero attached hydrogens (tertiary/aromatic N) is 1. The van der Waals surface area contributed by atoms with Crippen molar-refractivity contribution in [1.82, 2.24) is 5.32 Å². The van der Waals surface area contributed by atoms with Gasteiger partial charge in [0.1, 0.15) is 11.6 Å². The summed E-state index contributed by atoms with van der Waals surface area (Å²) in [6.07, 6.45) is 0.499. The maximum absolute atomic E-state index is 13.7. The zero-order chi connectivity index (χ0) is 16.4. The Balaban J connectivity index is 1.59. The highest BCUT2D eigenvalue weighted by atomic mass is 19.1. The molecule has 2 aromatic carbocycles. The molecule has 2 amide bonds. The van der Waals surface area contributed by atoms with Crippen LogP contribution in [0, 0.1) is 23.0 Å². The van der Waals surface area contributed by atoms with E-state index in [1.165, 1.54) is 18.2 Å². The first-order valence-electron chi connectivity index (χ1n) is 7.10. The summed E-state index contributed by atoms with van der Waals surface area (Å²) in [5.41, 5.74) is 1.06. The van der Waals surface area contributed by atoms with Crippen LogP contribution >= 0.6 is 0 Å². The van der Waals surface area contributed by atoms with Gasteiger partial charge < -0.3 is 10.6 Å². The van der Waals surface area contributed by atoms with Gasteiger partial charge in [-0.05, 0) is 42.8 Å². The Bertz CT molecular complexity index is 763. The zero-order valence-corrected chi connectivity index (χ0v) is 12.0. The van der Waals surface area contributed by atoms with E-state index in [-0.39, 0.29) is 17.5 Å². The first-order valence-corrected chi connectivity index (χ1v) is 7.10. The third-order valence-corrected chi connectivity index (χ3v) is 3.75. The normalized spacial score (nSPS) is 18.8. The van der Waals surface area contributed by atoms with Crippen molar-refractivity contribution in [3.63, 3.8) is 0 Å². The van der Waals surface area contributed by atoms with Crippen molar-refractivity contribution < 1.29 is 13.6 Å². The smallest absolute Gasteiger partial charge is 0.319 e. The Hall–Kier alpha value is -2.94. The fourth-order valence-corrected chi connectivity index (χ4v) is 2.50. The first kappa shape index (κ1) is 15.0. The number of benzene rings is 2. The number of hydrogen-bond donors (Lipinski definition) is 2. The fourth-order valence-electron chi connectivity index (χ4n) is 2.50. The van der Waals surface area contributed by atoms with E-state index in [0.717, 1.165) is 0 Å². The van der Waals surface area contributed by atoms with Gasteiger partial charge >= 0.3 is 6.03 Å². The summed E-state index contributed by atoms with van der Waals surface area (Å²) in [7, 11) is 0. The summed E-state index contributed by atoms with van der Waals surface area (Å²) in [5.74, 6) is -1.53. The highest BCUT2D eigenvalue weighted by Gasteiger charge is 2.42. The molecule has 23 heavy (non-hydrogen) atoms. The molecule has 0 heterocycles. The monoisotopic (exact) mass is 313 g/mol.